The van der Waals surface area contributed by atoms with Gasteiger partial charge in [-0.2, -0.15) is 0 Å². The molecular weight excluding hydrogens is 280 g/mol. The van der Waals surface area contributed by atoms with Gasteiger partial charge >= 0.3 is 0 Å². The first-order chi connectivity index (χ1) is 10.1. The summed E-state index contributed by atoms with van der Waals surface area (Å²) < 4.78 is 0. The van der Waals surface area contributed by atoms with E-state index in [4.69, 9.17) is 11.6 Å². The van der Waals surface area contributed by atoms with Crippen LogP contribution in [0, 0.1) is 5.92 Å². The lowest BCUT2D eigenvalue weighted by Crippen LogP contribution is -2.41. The Morgan fingerprint density at radius 2 is 1.90 bits per heavy atom. The number of rotatable bonds is 6. The minimum atomic E-state index is 0.424. The standard InChI is InChI=1S/C18H29ClN2/c1-14-6-4-5-7-18(14)20-12-13-21(3)15(2)16-8-10-17(19)11-9-16/h8-11,14-15,18,20H,4-7,12-13H2,1-3H3. The van der Waals surface area contributed by atoms with Crippen molar-refractivity contribution in [3.05, 3.63) is 34.9 Å². The zero-order valence-corrected chi connectivity index (χ0v) is 14.4. The predicted molar refractivity (Wildman–Crippen MR) is 91.9 cm³/mol. The molecule has 0 bridgehead atoms. The Balaban J connectivity index is 1.75. The molecule has 1 aliphatic rings. The Hall–Kier alpha value is -0.570. The summed E-state index contributed by atoms with van der Waals surface area (Å²) in [5, 5.41) is 4.56. The van der Waals surface area contributed by atoms with Gasteiger partial charge in [0.15, 0.2) is 0 Å². The first kappa shape index (κ1) is 16.8. The highest BCUT2D eigenvalue weighted by molar-refractivity contribution is 6.30. The van der Waals surface area contributed by atoms with E-state index in [9.17, 15) is 0 Å². The minimum Gasteiger partial charge on any atom is -0.312 e. The number of nitrogens with zero attached hydrogens (tertiary/aromatic N) is 1. The lowest BCUT2D eigenvalue weighted by atomic mass is 9.86. The molecule has 0 spiro atoms. The molecule has 0 heterocycles. The minimum absolute atomic E-state index is 0.424. The average molecular weight is 309 g/mol. The Kier molecular flexibility index (Phi) is 6.53. The Labute approximate surface area is 134 Å². The van der Waals surface area contributed by atoms with Crippen LogP contribution in [-0.2, 0) is 0 Å². The zero-order chi connectivity index (χ0) is 15.2. The molecule has 1 saturated carbocycles. The summed E-state index contributed by atoms with van der Waals surface area (Å²) in [6.07, 6.45) is 5.53. The quantitative estimate of drug-likeness (QED) is 0.832. The van der Waals surface area contributed by atoms with E-state index in [1.165, 1.54) is 31.2 Å². The molecule has 1 aromatic rings. The van der Waals surface area contributed by atoms with Crippen LogP contribution in [0.5, 0.6) is 0 Å². The van der Waals surface area contributed by atoms with Crippen LogP contribution >= 0.6 is 11.6 Å². The molecule has 21 heavy (non-hydrogen) atoms. The molecule has 1 N–H and O–H groups in total. The molecule has 0 aromatic heterocycles. The molecule has 3 atom stereocenters. The Morgan fingerprint density at radius 1 is 1.24 bits per heavy atom. The summed E-state index contributed by atoms with van der Waals surface area (Å²) in [7, 11) is 2.20. The third-order valence-corrected chi connectivity index (χ3v) is 5.25. The number of hydrogen-bond acceptors (Lipinski definition) is 2. The summed E-state index contributed by atoms with van der Waals surface area (Å²) in [6.45, 7) is 6.79. The molecule has 3 unspecified atom stereocenters. The first-order valence-corrected chi connectivity index (χ1v) is 8.65. The molecule has 0 aliphatic heterocycles. The summed E-state index contributed by atoms with van der Waals surface area (Å²) >= 11 is 5.96. The van der Waals surface area contributed by atoms with Crippen LogP contribution < -0.4 is 5.32 Å². The molecule has 1 aromatic carbocycles. The van der Waals surface area contributed by atoms with Gasteiger partial charge in [-0.1, -0.05) is 43.5 Å². The van der Waals surface area contributed by atoms with Crippen molar-refractivity contribution in [3.8, 4) is 0 Å². The summed E-state index contributed by atoms with van der Waals surface area (Å²) in [6, 6.07) is 9.35. The maximum Gasteiger partial charge on any atom is 0.0406 e. The Bertz CT molecular complexity index is 418. The SMILES string of the molecule is CC1CCCCC1NCCN(C)C(C)c1ccc(Cl)cc1. The van der Waals surface area contributed by atoms with E-state index in [0.717, 1.165) is 30.1 Å². The number of likely N-dealkylation sites (N-methyl/N-ethyl adjacent to an activating group) is 1. The van der Waals surface area contributed by atoms with Gasteiger partial charge in [0.2, 0.25) is 0 Å². The molecule has 2 rings (SSSR count). The lowest BCUT2D eigenvalue weighted by Gasteiger charge is -2.31. The van der Waals surface area contributed by atoms with E-state index in [-0.39, 0.29) is 0 Å². The van der Waals surface area contributed by atoms with Crippen LogP contribution in [0.25, 0.3) is 0 Å². The second-order valence-corrected chi connectivity index (χ2v) is 6.97. The van der Waals surface area contributed by atoms with Crippen LogP contribution in [0.4, 0.5) is 0 Å². The van der Waals surface area contributed by atoms with Gasteiger partial charge in [-0.25, -0.2) is 0 Å². The third kappa shape index (κ3) is 4.98. The van der Waals surface area contributed by atoms with Gasteiger partial charge in [0.25, 0.3) is 0 Å². The highest BCUT2D eigenvalue weighted by atomic mass is 35.5. The summed E-state index contributed by atoms with van der Waals surface area (Å²) in [4.78, 5) is 2.41. The fraction of sp³-hybridized carbons (Fsp3) is 0.667. The van der Waals surface area contributed by atoms with Crippen LogP contribution in [-0.4, -0.2) is 31.1 Å². The van der Waals surface area contributed by atoms with Crippen molar-refractivity contribution in [2.45, 2.75) is 51.6 Å². The van der Waals surface area contributed by atoms with E-state index in [0.29, 0.717) is 6.04 Å². The highest BCUT2D eigenvalue weighted by Gasteiger charge is 2.20. The molecular formula is C18H29ClN2. The predicted octanol–water partition coefficient (Wildman–Crippen LogP) is 4.50. The van der Waals surface area contributed by atoms with Crippen LogP contribution in [0.1, 0.15) is 51.1 Å². The van der Waals surface area contributed by atoms with E-state index in [1.807, 2.05) is 12.1 Å². The highest BCUT2D eigenvalue weighted by Crippen LogP contribution is 2.24. The maximum atomic E-state index is 5.96. The fourth-order valence-electron chi connectivity index (χ4n) is 3.24. The van der Waals surface area contributed by atoms with E-state index in [2.05, 4.69) is 43.2 Å². The van der Waals surface area contributed by atoms with Crippen molar-refractivity contribution < 1.29 is 0 Å². The summed E-state index contributed by atoms with van der Waals surface area (Å²) in [5.74, 6) is 0.831. The second kappa shape index (κ2) is 8.17. The third-order valence-electron chi connectivity index (χ3n) is 5.00. The van der Waals surface area contributed by atoms with E-state index < -0.39 is 0 Å². The first-order valence-electron chi connectivity index (χ1n) is 8.27. The van der Waals surface area contributed by atoms with Crippen molar-refractivity contribution in [2.75, 3.05) is 20.1 Å². The number of nitrogens with one attached hydrogen (secondary N) is 1. The van der Waals surface area contributed by atoms with Gasteiger partial charge in [-0.15, -0.1) is 0 Å². The molecule has 1 fully saturated rings. The topological polar surface area (TPSA) is 15.3 Å². The van der Waals surface area contributed by atoms with Crippen LogP contribution in [0.15, 0.2) is 24.3 Å². The van der Waals surface area contributed by atoms with E-state index in [1.54, 1.807) is 0 Å². The molecule has 0 radical (unpaired) electrons. The largest absolute Gasteiger partial charge is 0.312 e. The molecule has 1 aliphatic carbocycles. The molecule has 118 valence electrons. The van der Waals surface area contributed by atoms with Gasteiger partial charge in [0.1, 0.15) is 0 Å². The van der Waals surface area contributed by atoms with Gasteiger partial charge in [-0.3, -0.25) is 4.90 Å². The van der Waals surface area contributed by atoms with Gasteiger partial charge < -0.3 is 5.32 Å². The van der Waals surface area contributed by atoms with Crippen molar-refractivity contribution in [3.63, 3.8) is 0 Å². The van der Waals surface area contributed by atoms with Crippen molar-refractivity contribution in [1.82, 2.24) is 10.2 Å². The van der Waals surface area contributed by atoms with Crippen LogP contribution in [0.2, 0.25) is 5.02 Å². The molecule has 2 nitrogen and oxygen atoms in total. The monoisotopic (exact) mass is 308 g/mol. The van der Waals surface area contributed by atoms with Crippen LogP contribution in [0.3, 0.4) is 0 Å². The van der Waals surface area contributed by atoms with Gasteiger partial charge in [0.05, 0.1) is 0 Å². The average Bonchev–Trinajstić information content (AvgIpc) is 2.49. The maximum absolute atomic E-state index is 5.96. The second-order valence-electron chi connectivity index (χ2n) is 6.53. The number of hydrogen-bond donors (Lipinski definition) is 1. The van der Waals surface area contributed by atoms with Crippen molar-refractivity contribution in [1.29, 1.82) is 0 Å². The molecule has 3 heteroatoms. The zero-order valence-electron chi connectivity index (χ0n) is 13.6. The van der Waals surface area contributed by atoms with Crippen molar-refractivity contribution in [2.24, 2.45) is 5.92 Å². The molecule has 0 amide bonds. The fourth-order valence-corrected chi connectivity index (χ4v) is 3.36. The Morgan fingerprint density at radius 3 is 2.57 bits per heavy atom. The molecule has 0 saturated heterocycles. The number of benzene rings is 1. The summed E-state index contributed by atoms with van der Waals surface area (Å²) in [5.41, 5.74) is 1.33. The lowest BCUT2D eigenvalue weighted by molar-refractivity contribution is 0.233. The van der Waals surface area contributed by atoms with Crippen molar-refractivity contribution >= 4 is 11.6 Å². The number of halogens is 1. The van der Waals surface area contributed by atoms with Gasteiger partial charge in [0, 0.05) is 30.2 Å². The van der Waals surface area contributed by atoms with E-state index >= 15 is 0 Å². The normalized spacial score (nSPS) is 24.2. The van der Waals surface area contributed by atoms with Gasteiger partial charge in [-0.05, 0) is 50.4 Å². The smallest absolute Gasteiger partial charge is 0.0406 e.